The third-order valence-corrected chi connectivity index (χ3v) is 5.34. The van der Waals surface area contributed by atoms with E-state index in [1.165, 1.54) is 5.56 Å². The number of piperidine rings is 1. The molecule has 1 saturated heterocycles. The fraction of sp³-hybridized carbons (Fsp3) is 0.455. The number of benzene rings is 1. The van der Waals surface area contributed by atoms with Crippen molar-refractivity contribution in [2.45, 2.75) is 46.2 Å². The van der Waals surface area contributed by atoms with Crippen LogP contribution in [-0.2, 0) is 11.3 Å². The van der Waals surface area contributed by atoms with Gasteiger partial charge in [-0.3, -0.25) is 14.5 Å². The Morgan fingerprint density at radius 2 is 1.93 bits per heavy atom. The van der Waals surface area contributed by atoms with Crippen LogP contribution >= 0.6 is 0 Å². The van der Waals surface area contributed by atoms with Crippen LogP contribution in [-0.4, -0.2) is 46.8 Å². The van der Waals surface area contributed by atoms with E-state index in [2.05, 4.69) is 33.8 Å². The molecule has 2 aromatic rings. The summed E-state index contributed by atoms with van der Waals surface area (Å²) in [5.74, 6) is 0.156. The summed E-state index contributed by atoms with van der Waals surface area (Å²) in [4.78, 5) is 26.4. The number of hydrogen-bond acceptors (Lipinski definition) is 3. The van der Waals surface area contributed by atoms with Gasteiger partial charge in [-0.15, -0.1) is 0 Å². The normalized spacial score (nSPS) is 17.7. The average Bonchev–Trinajstić information content (AvgIpc) is 2.91. The molecule has 144 valence electrons. The second-order valence-electron chi connectivity index (χ2n) is 7.55. The molecule has 0 aliphatic carbocycles. The Labute approximate surface area is 161 Å². The number of ketones is 1. The van der Waals surface area contributed by atoms with Crippen molar-refractivity contribution in [3.63, 3.8) is 0 Å². The van der Waals surface area contributed by atoms with Crippen molar-refractivity contribution in [3.8, 4) is 0 Å². The van der Waals surface area contributed by atoms with Gasteiger partial charge < -0.3 is 9.88 Å². The molecule has 0 spiro atoms. The van der Waals surface area contributed by atoms with Gasteiger partial charge in [0.15, 0.2) is 5.78 Å². The molecule has 1 fully saturated rings. The number of rotatable bonds is 6. The predicted octanol–water partition coefficient (Wildman–Crippen LogP) is 2.94. The number of carbonyl (C=O) groups excluding carboxylic acids is 2. The fourth-order valence-corrected chi connectivity index (χ4v) is 3.99. The average molecular weight is 367 g/mol. The number of aromatic nitrogens is 1. The fourth-order valence-electron chi connectivity index (χ4n) is 3.99. The van der Waals surface area contributed by atoms with Crippen LogP contribution in [0, 0.1) is 13.8 Å². The minimum atomic E-state index is -0.00219. The molecular weight excluding hydrogens is 338 g/mol. The van der Waals surface area contributed by atoms with Gasteiger partial charge in [0.1, 0.15) is 0 Å². The quantitative estimate of drug-likeness (QED) is 0.799. The molecular formula is C22H29N3O2. The first kappa shape index (κ1) is 19.4. The van der Waals surface area contributed by atoms with Crippen molar-refractivity contribution in [1.29, 1.82) is 0 Å². The van der Waals surface area contributed by atoms with Gasteiger partial charge in [0, 0.05) is 43.0 Å². The molecule has 5 heteroatoms. The molecule has 1 atom stereocenters. The first-order valence-electron chi connectivity index (χ1n) is 9.67. The molecule has 1 amide bonds. The maximum absolute atomic E-state index is 12.9. The number of amides is 1. The Morgan fingerprint density at radius 1 is 1.19 bits per heavy atom. The van der Waals surface area contributed by atoms with Crippen LogP contribution in [0.3, 0.4) is 0 Å². The van der Waals surface area contributed by atoms with Gasteiger partial charge >= 0.3 is 0 Å². The van der Waals surface area contributed by atoms with Gasteiger partial charge in [0.2, 0.25) is 5.91 Å². The van der Waals surface area contributed by atoms with Gasteiger partial charge in [-0.25, -0.2) is 0 Å². The number of nitrogens with one attached hydrogen (secondary N) is 1. The minimum Gasteiger partial charge on any atom is -0.352 e. The summed E-state index contributed by atoms with van der Waals surface area (Å²) in [5.41, 5.74) is 4.17. The highest BCUT2D eigenvalue weighted by atomic mass is 16.1. The van der Waals surface area contributed by atoms with E-state index in [0.717, 1.165) is 49.4 Å². The first-order chi connectivity index (χ1) is 12.9. The molecule has 1 aliphatic heterocycles. The monoisotopic (exact) mass is 367 g/mol. The predicted molar refractivity (Wildman–Crippen MR) is 107 cm³/mol. The van der Waals surface area contributed by atoms with E-state index >= 15 is 0 Å². The van der Waals surface area contributed by atoms with Crippen LogP contribution < -0.4 is 5.32 Å². The van der Waals surface area contributed by atoms with Crippen molar-refractivity contribution >= 4 is 11.7 Å². The second kappa shape index (κ2) is 8.53. The van der Waals surface area contributed by atoms with Gasteiger partial charge in [-0.1, -0.05) is 30.3 Å². The third kappa shape index (κ3) is 4.86. The van der Waals surface area contributed by atoms with Crippen molar-refractivity contribution in [1.82, 2.24) is 14.8 Å². The van der Waals surface area contributed by atoms with Crippen LogP contribution in [0.2, 0.25) is 0 Å². The summed E-state index contributed by atoms with van der Waals surface area (Å²) in [6.45, 7) is 8.47. The SMILES string of the molecule is CC(=O)NC1CCCN(CC(=O)c2cc(C)n(Cc3ccccc3)c2C)C1. The van der Waals surface area contributed by atoms with Crippen molar-refractivity contribution in [2.75, 3.05) is 19.6 Å². The molecule has 5 nitrogen and oxygen atoms in total. The van der Waals surface area contributed by atoms with E-state index < -0.39 is 0 Å². The summed E-state index contributed by atoms with van der Waals surface area (Å²) in [5, 5.41) is 2.98. The summed E-state index contributed by atoms with van der Waals surface area (Å²) < 4.78 is 2.21. The number of Topliss-reactive ketones (excluding diaryl/α,β-unsaturated/α-hetero) is 1. The van der Waals surface area contributed by atoms with Gasteiger partial charge in [0.25, 0.3) is 0 Å². The highest BCUT2D eigenvalue weighted by Crippen LogP contribution is 2.19. The lowest BCUT2D eigenvalue weighted by atomic mass is 10.0. The van der Waals surface area contributed by atoms with Crippen LogP contribution in [0.5, 0.6) is 0 Å². The standard InChI is InChI=1S/C22H29N3O2/c1-16-12-21(17(2)25(16)13-19-8-5-4-6-9-19)22(27)15-24-11-7-10-20(14-24)23-18(3)26/h4-6,8-9,12,20H,7,10-11,13-15H2,1-3H3,(H,23,26). The summed E-state index contributed by atoms with van der Waals surface area (Å²) >= 11 is 0. The number of carbonyl (C=O) groups is 2. The van der Waals surface area contributed by atoms with E-state index in [4.69, 9.17) is 0 Å². The van der Waals surface area contributed by atoms with Crippen molar-refractivity contribution in [2.24, 2.45) is 0 Å². The van der Waals surface area contributed by atoms with Crippen molar-refractivity contribution in [3.05, 3.63) is 58.9 Å². The molecule has 0 saturated carbocycles. The summed E-state index contributed by atoms with van der Waals surface area (Å²) in [7, 11) is 0. The minimum absolute atomic E-state index is 0.00219. The summed E-state index contributed by atoms with van der Waals surface area (Å²) in [6.07, 6.45) is 1.99. The number of likely N-dealkylation sites (tertiary alicyclic amines) is 1. The van der Waals surface area contributed by atoms with Crippen molar-refractivity contribution < 1.29 is 9.59 Å². The van der Waals surface area contributed by atoms with E-state index in [9.17, 15) is 9.59 Å². The maximum Gasteiger partial charge on any atom is 0.217 e. The molecule has 1 unspecified atom stereocenters. The Kier molecular flexibility index (Phi) is 6.11. The molecule has 27 heavy (non-hydrogen) atoms. The zero-order valence-electron chi connectivity index (χ0n) is 16.5. The Balaban J connectivity index is 1.68. The smallest absolute Gasteiger partial charge is 0.217 e. The van der Waals surface area contributed by atoms with Gasteiger partial charge in [-0.2, -0.15) is 0 Å². The molecule has 2 heterocycles. The largest absolute Gasteiger partial charge is 0.352 e. The third-order valence-electron chi connectivity index (χ3n) is 5.34. The highest BCUT2D eigenvalue weighted by Gasteiger charge is 2.24. The van der Waals surface area contributed by atoms with E-state index in [-0.39, 0.29) is 17.7 Å². The zero-order chi connectivity index (χ0) is 19.4. The Hall–Kier alpha value is -2.40. The molecule has 1 aliphatic rings. The Morgan fingerprint density at radius 3 is 2.63 bits per heavy atom. The number of aryl methyl sites for hydroxylation is 1. The van der Waals surface area contributed by atoms with Crippen LogP contribution in [0.4, 0.5) is 0 Å². The lowest BCUT2D eigenvalue weighted by Gasteiger charge is -2.32. The van der Waals surface area contributed by atoms with E-state index in [1.54, 1.807) is 6.92 Å². The Bertz CT molecular complexity index is 810. The van der Waals surface area contributed by atoms with Crippen LogP contribution in [0.25, 0.3) is 0 Å². The van der Waals surface area contributed by atoms with Crippen LogP contribution in [0.1, 0.15) is 47.1 Å². The lowest BCUT2D eigenvalue weighted by Crippen LogP contribution is -2.48. The summed E-state index contributed by atoms with van der Waals surface area (Å²) in [6, 6.07) is 12.5. The zero-order valence-corrected chi connectivity index (χ0v) is 16.5. The van der Waals surface area contributed by atoms with E-state index in [0.29, 0.717) is 6.54 Å². The first-order valence-corrected chi connectivity index (χ1v) is 9.67. The highest BCUT2D eigenvalue weighted by molar-refractivity contribution is 5.99. The van der Waals surface area contributed by atoms with Crippen LogP contribution in [0.15, 0.2) is 36.4 Å². The second-order valence-corrected chi connectivity index (χ2v) is 7.55. The van der Waals surface area contributed by atoms with E-state index in [1.807, 2.05) is 31.2 Å². The number of nitrogens with zero attached hydrogens (tertiary/aromatic N) is 2. The molecule has 3 rings (SSSR count). The molecule has 1 aromatic heterocycles. The molecule has 1 aromatic carbocycles. The topological polar surface area (TPSA) is 54.3 Å². The maximum atomic E-state index is 12.9. The molecule has 0 bridgehead atoms. The number of hydrogen-bond donors (Lipinski definition) is 1. The molecule has 1 N–H and O–H groups in total. The van der Waals surface area contributed by atoms with Gasteiger partial charge in [0.05, 0.1) is 6.54 Å². The lowest BCUT2D eigenvalue weighted by molar-refractivity contribution is -0.120. The molecule has 0 radical (unpaired) electrons. The van der Waals surface area contributed by atoms with Gasteiger partial charge in [-0.05, 0) is 44.9 Å².